The molecule has 1 unspecified atom stereocenters. The van der Waals surface area contributed by atoms with Gasteiger partial charge in [-0.3, -0.25) is 0 Å². The van der Waals surface area contributed by atoms with Crippen molar-refractivity contribution in [2.24, 2.45) is 0 Å². The van der Waals surface area contributed by atoms with Crippen molar-refractivity contribution in [3.8, 4) is 5.75 Å². The first-order valence-electron chi connectivity index (χ1n) is 5.43. The Morgan fingerprint density at radius 1 is 1.22 bits per heavy atom. The van der Waals surface area contributed by atoms with E-state index in [0.29, 0.717) is 6.61 Å². The second-order valence-electron chi connectivity index (χ2n) is 3.62. The summed E-state index contributed by atoms with van der Waals surface area (Å²) in [5, 5.41) is 0. The molecule has 0 N–H and O–H groups in total. The molecular formula is C13H11Br3O2. The van der Waals surface area contributed by atoms with Crippen LogP contribution < -0.4 is 4.74 Å². The van der Waals surface area contributed by atoms with Crippen molar-refractivity contribution in [1.82, 2.24) is 0 Å². The SMILES string of the molecule is CCOc1ccc(C(Br)c2ccc(Br)o2)c(Br)c1. The highest BCUT2D eigenvalue weighted by Crippen LogP contribution is 2.38. The molecule has 0 fully saturated rings. The van der Waals surface area contributed by atoms with Crippen LogP contribution in [-0.2, 0) is 0 Å². The number of halogens is 3. The predicted molar refractivity (Wildman–Crippen MR) is 82.5 cm³/mol. The zero-order valence-corrected chi connectivity index (χ0v) is 14.4. The van der Waals surface area contributed by atoms with E-state index in [1.54, 1.807) is 0 Å². The lowest BCUT2D eigenvalue weighted by Crippen LogP contribution is -1.95. The quantitative estimate of drug-likeness (QED) is 0.572. The average molecular weight is 439 g/mol. The molecule has 0 aliphatic rings. The van der Waals surface area contributed by atoms with Gasteiger partial charge in [0.15, 0.2) is 4.67 Å². The van der Waals surface area contributed by atoms with Crippen LogP contribution in [0.2, 0.25) is 0 Å². The van der Waals surface area contributed by atoms with Crippen LogP contribution in [0.4, 0.5) is 0 Å². The van der Waals surface area contributed by atoms with E-state index < -0.39 is 0 Å². The molecule has 1 aromatic carbocycles. The maximum absolute atomic E-state index is 5.55. The molecule has 0 aliphatic carbocycles. The first kappa shape index (κ1) is 14.2. The highest BCUT2D eigenvalue weighted by atomic mass is 79.9. The van der Waals surface area contributed by atoms with E-state index in [0.717, 1.165) is 26.2 Å². The Kier molecular flexibility index (Phi) is 4.92. The highest BCUT2D eigenvalue weighted by molar-refractivity contribution is 9.11. The van der Waals surface area contributed by atoms with Crippen LogP contribution in [0, 0.1) is 0 Å². The van der Waals surface area contributed by atoms with Gasteiger partial charge >= 0.3 is 0 Å². The third kappa shape index (κ3) is 3.19. The maximum Gasteiger partial charge on any atom is 0.169 e. The number of rotatable bonds is 4. The number of hydrogen-bond acceptors (Lipinski definition) is 2. The standard InChI is InChI=1S/C13H11Br3O2/c1-2-17-8-3-4-9(10(14)7-8)13(16)11-5-6-12(15)18-11/h3-7,13H,2H2,1H3. The van der Waals surface area contributed by atoms with E-state index in [1.165, 1.54) is 0 Å². The van der Waals surface area contributed by atoms with Crippen molar-refractivity contribution in [3.05, 3.63) is 50.8 Å². The van der Waals surface area contributed by atoms with Gasteiger partial charge in [-0.1, -0.05) is 37.9 Å². The molecule has 0 radical (unpaired) electrons. The third-order valence-electron chi connectivity index (χ3n) is 2.40. The van der Waals surface area contributed by atoms with E-state index in [2.05, 4.69) is 47.8 Å². The fraction of sp³-hybridized carbons (Fsp3) is 0.231. The van der Waals surface area contributed by atoms with Gasteiger partial charge in [-0.05, 0) is 52.7 Å². The minimum Gasteiger partial charge on any atom is -0.494 e. The normalized spacial score (nSPS) is 12.4. The monoisotopic (exact) mass is 436 g/mol. The minimum atomic E-state index is 0.00820. The second-order valence-corrected chi connectivity index (χ2v) is 6.17. The molecule has 0 aliphatic heterocycles. The van der Waals surface area contributed by atoms with Gasteiger partial charge in [-0.25, -0.2) is 0 Å². The van der Waals surface area contributed by atoms with E-state index >= 15 is 0 Å². The molecule has 2 nitrogen and oxygen atoms in total. The Balaban J connectivity index is 2.28. The molecule has 0 bridgehead atoms. The molecule has 2 rings (SSSR count). The molecule has 1 heterocycles. The molecule has 0 amide bonds. The van der Waals surface area contributed by atoms with Crippen LogP contribution in [0.15, 0.2) is 43.9 Å². The number of furan rings is 1. The fourth-order valence-corrected chi connectivity index (χ4v) is 3.45. The van der Waals surface area contributed by atoms with E-state index in [1.807, 2.05) is 37.3 Å². The summed E-state index contributed by atoms with van der Waals surface area (Å²) < 4.78 is 12.7. The number of ether oxygens (including phenoxy) is 1. The second kappa shape index (κ2) is 6.26. The Labute approximate surface area is 131 Å². The summed E-state index contributed by atoms with van der Waals surface area (Å²) in [6, 6.07) is 9.75. The Bertz CT molecular complexity index is 537. The van der Waals surface area contributed by atoms with E-state index in [-0.39, 0.29) is 4.83 Å². The lowest BCUT2D eigenvalue weighted by atomic mass is 10.1. The van der Waals surface area contributed by atoms with Gasteiger partial charge in [-0.2, -0.15) is 0 Å². The van der Waals surface area contributed by atoms with E-state index in [9.17, 15) is 0 Å². The topological polar surface area (TPSA) is 22.4 Å². The summed E-state index contributed by atoms with van der Waals surface area (Å²) in [7, 11) is 0. The van der Waals surface area contributed by atoms with Crippen molar-refractivity contribution in [3.63, 3.8) is 0 Å². The van der Waals surface area contributed by atoms with Gasteiger partial charge in [0.05, 0.1) is 11.4 Å². The summed E-state index contributed by atoms with van der Waals surface area (Å²) in [6.07, 6.45) is 0. The van der Waals surface area contributed by atoms with Gasteiger partial charge in [-0.15, -0.1) is 0 Å². The van der Waals surface area contributed by atoms with Crippen LogP contribution in [0.3, 0.4) is 0 Å². The smallest absolute Gasteiger partial charge is 0.169 e. The molecule has 96 valence electrons. The minimum absolute atomic E-state index is 0.00820. The average Bonchev–Trinajstić information content (AvgIpc) is 2.76. The summed E-state index contributed by atoms with van der Waals surface area (Å²) in [6.45, 7) is 2.63. The van der Waals surface area contributed by atoms with Crippen molar-refractivity contribution < 1.29 is 9.15 Å². The Morgan fingerprint density at radius 3 is 2.56 bits per heavy atom. The van der Waals surface area contributed by atoms with Gasteiger partial charge in [0.1, 0.15) is 11.5 Å². The van der Waals surface area contributed by atoms with Crippen molar-refractivity contribution in [2.75, 3.05) is 6.61 Å². The summed E-state index contributed by atoms with van der Waals surface area (Å²) in [5.41, 5.74) is 1.10. The predicted octanol–water partition coefficient (Wildman–Crippen LogP) is 5.69. The van der Waals surface area contributed by atoms with Crippen molar-refractivity contribution >= 4 is 47.8 Å². The molecule has 0 saturated carbocycles. The van der Waals surface area contributed by atoms with Gasteiger partial charge < -0.3 is 9.15 Å². The molecule has 1 aromatic heterocycles. The maximum atomic E-state index is 5.55. The van der Waals surface area contributed by atoms with Crippen molar-refractivity contribution in [1.29, 1.82) is 0 Å². The zero-order chi connectivity index (χ0) is 13.1. The summed E-state index contributed by atoms with van der Waals surface area (Å²) in [5.74, 6) is 1.71. The van der Waals surface area contributed by atoms with Gasteiger partial charge in [0.25, 0.3) is 0 Å². The number of benzene rings is 1. The lowest BCUT2D eigenvalue weighted by Gasteiger charge is -2.11. The highest BCUT2D eigenvalue weighted by Gasteiger charge is 2.17. The van der Waals surface area contributed by atoms with Gasteiger partial charge in [0, 0.05) is 4.47 Å². The molecule has 0 spiro atoms. The van der Waals surface area contributed by atoms with Crippen LogP contribution in [0.5, 0.6) is 5.75 Å². The number of alkyl halides is 1. The zero-order valence-electron chi connectivity index (χ0n) is 9.62. The van der Waals surface area contributed by atoms with Crippen LogP contribution in [0.1, 0.15) is 23.1 Å². The molecule has 18 heavy (non-hydrogen) atoms. The number of hydrogen-bond donors (Lipinski definition) is 0. The summed E-state index contributed by atoms with van der Waals surface area (Å²) in [4.78, 5) is 0.00820. The van der Waals surface area contributed by atoms with Gasteiger partial charge in [0.2, 0.25) is 0 Å². The lowest BCUT2D eigenvalue weighted by molar-refractivity contribution is 0.340. The van der Waals surface area contributed by atoms with Crippen LogP contribution in [-0.4, -0.2) is 6.61 Å². The molecule has 2 aromatic rings. The molecule has 1 atom stereocenters. The fourth-order valence-electron chi connectivity index (χ4n) is 1.59. The van der Waals surface area contributed by atoms with Crippen LogP contribution >= 0.6 is 47.8 Å². The Morgan fingerprint density at radius 2 is 2.00 bits per heavy atom. The van der Waals surface area contributed by atoms with E-state index in [4.69, 9.17) is 9.15 Å². The first-order valence-corrected chi connectivity index (χ1v) is 7.93. The summed E-state index contributed by atoms with van der Waals surface area (Å²) >= 11 is 10.5. The van der Waals surface area contributed by atoms with Crippen LogP contribution in [0.25, 0.3) is 0 Å². The third-order valence-corrected chi connectivity index (χ3v) is 4.46. The molecule has 0 saturated heterocycles. The van der Waals surface area contributed by atoms with Crippen molar-refractivity contribution in [2.45, 2.75) is 11.8 Å². The Hall–Kier alpha value is -0.260. The first-order chi connectivity index (χ1) is 8.61. The molecule has 5 heteroatoms. The largest absolute Gasteiger partial charge is 0.494 e. The molecular weight excluding hydrogens is 428 g/mol.